The van der Waals surface area contributed by atoms with Crippen LogP contribution in [-0.4, -0.2) is 210 Å². The number of nitrogens with one attached hydrogen (secondary N) is 4. The number of carboxylic acids is 2. The van der Waals surface area contributed by atoms with Crippen molar-refractivity contribution in [3.63, 3.8) is 0 Å². The molecule has 0 heterocycles. The number of carbonyl (C=O) groups excluding carboxylic acids is 9. The Kier molecular flexibility index (Phi) is 102. The van der Waals surface area contributed by atoms with Gasteiger partial charge in [0, 0.05) is 67.5 Å². The van der Waals surface area contributed by atoms with Gasteiger partial charge in [-0.2, -0.15) is 58.8 Å². The van der Waals surface area contributed by atoms with Crippen molar-refractivity contribution < 1.29 is 67.7 Å². The highest BCUT2D eigenvalue weighted by molar-refractivity contribution is 8.40. The molecule has 0 saturated heterocycles. The second-order valence-electron chi connectivity index (χ2n) is 23.7. The minimum absolute atomic E-state index is 0. The number of nitrogens with two attached hydrogens (primary N) is 3. The van der Waals surface area contributed by atoms with Gasteiger partial charge in [0.2, 0.25) is 0 Å². The van der Waals surface area contributed by atoms with Crippen LogP contribution in [0, 0.1) is 23.7 Å². The number of Topliss-reactive ketones (excluding diaryl/α,β-unsaturated/α-hetero) is 8. The number of benzene rings is 2. The largest absolute Gasteiger partial charge is 0.481 e. The van der Waals surface area contributed by atoms with E-state index in [0.717, 1.165) is 85.3 Å². The van der Waals surface area contributed by atoms with E-state index in [9.17, 15) is 52.7 Å². The Labute approximate surface area is 689 Å². The maximum atomic E-state index is 11.2. The van der Waals surface area contributed by atoms with Gasteiger partial charge in [0.15, 0.2) is 0 Å². The Morgan fingerprint density at radius 1 is 0.454 bits per heavy atom. The summed E-state index contributed by atoms with van der Waals surface area (Å²) in [5.74, 6) is 8.54. The lowest BCUT2D eigenvalue weighted by molar-refractivity contribution is -0.141. The summed E-state index contributed by atoms with van der Waals surface area (Å²) < 4.78 is 5.20. The molecule has 9 atom stereocenters. The zero-order chi connectivity index (χ0) is 85.2. The maximum absolute atomic E-state index is 11.2. The van der Waals surface area contributed by atoms with Crippen LogP contribution < -0.4 is 38.5 Å². The fourth-order valence-electron chi connectivity index (χ4n) is 7.84. The van der Waals surface area contributed by atoms with E-state index in [1.807, 2.05) is 79.7 Å². The van der Waals surface area contributed by atoms with E-state index in [0.29, 0.717) is 31.0 Å². The second kappa shape index (κ2) is 87.7. The molecule has 2 aromatic rings. The topological polar surface area (TPSA) is 364 Å². The van der Waals surface area contributed by atoms with Gasteiger partial charge in [0.25, 0.3) is 0 Å². The van der Waals surface area contributed by atoms with Crippen molar-refractivity contribution in [3.8, 4) is 11.1 Å². The molecule has 0 unspecified atom stereocenters. The van der Waals surface area contributed by atoms with Gasteiger partial charge >= 0.3 is 17.9 Å². The molecule has 0 saturated carbocycles. The molecule has 21 nitrogen and oxygen atoms in total. The standard InChI is InChI=1S/C16H14O2.C12H23NO2S.C11H21NO2S.C10H20N2O2S.C9H18N2O3S.C9H18O2S.C3H6O.3C2H6.CH5N.CH4.P2S2/c1-11(17)18-10-16-14-8-4-2-6-12(14)13-7-3-5-9-15(13)16;1-5-11(9(2)14)6-7-16-8-12(13-4)10(3)15;1-8(9(2)13)5-6-15-7-11(12-4)10(3)14;1-7(13)9(11)4-5-15-6-10(12-3)8(2)14;1-6(12)8(11-2)5-15-4-3-7(10)9(13)14;1-7(2)4-5-12-6-8(3)9(10)11;1-3(2)4;4*1-2;;3-1-2-4/h2-9,16H,10H2,1H3;11-13H,5-8H2,1-4H3;8,11-12H,5-7H2,1-4H3;9-10,12H,4-6,11H2,1-3H3;7-8,11H,3-5,10H2,1-2H3,(H,13,14);7-8H,4-6H2,1-3H3,(H,10,11);1-2H3;3*1-2H3;2H2,1H3;1H4;/t;11-,12-;8-,11-;9-,10-;7-,8-;8-;;;;;;;/m.00000......./s1. The normalized spacial score (nSPS) is 12.7. The predicted molar refractivity (Wildman–Crippen MR) is 480 cm³/mol. The summed E-state index contributed by atoms with van der Waals surface area (Å²) in [6.07, 6.45) is 5.01. The fourth-order valence-corrected chi connectivity index (χ4v) is 14.2. The van der Waals surface area contributed by atoms with Gasteiger partial charge in [0.05, 0.1) is 36.1 Å². The first-order chi connectivity index (χ1) is 50.4. The number of carbonyl (C=O) groups is 11. The van der Waals surface area contributed by atoms with Gasteiger partial charge in [0.1, 0.15) is 58.9 Å². The third-order valence-electron chi connectivity index (χ3n) is 14.6. The lowest BCUT2D eigenvalue weighted by Gasteiger charge is -2.14. The summed E-state index contributed by atoms with van der Waals surface area (Å²) in [5.41, 5.74) is 20.4. The highest BCUT2D eigenvalue weighted by atomic mass is 32.7. The van der Waals surface area contributed by atoms with Crippen LogP contribution in [0.25, 0.3) is 11.1 Å². The van der Waals surface area contributed by atoms with Crippen LogP contribution in [-0.2, 0) is 81.1 Å². The lowest BCUT2D eigenvalue weighted by atomic mass is 9.98. The van der Waals surface area contributed by atoms with Crippen molar-refractivity contribution in [2.75, 3.05) is 99.4 Å². The summed E-state index contributed by atoms with van der Waals surface area (Å²) in [6, 6.07) is 15.1. The van der Waals surface area contributed by atoms with Gasteiger partial charge in [-0.15, -0.1) is 0 Å². The Morgan fingerprint density at radius 2 is 0.759 bits per heavy atom. The van der Waals surface area contributed by atoms with E-state index in [1.165, 1.54) is 82.1 Å². The number of fused-ring (bicyclic) bond motifs is 3. The Bertz CT molecular complexity index is 2490. The molecule has 12 N–H and O–H groups in total. The summed E-state index contributed by atoms with van der Waals surface area (Å²) in [5, 5.41) is 28.9. The Balaban J connectivity index is -0.000000128. The molecule has 2 aromatic carbocycles. The molecule has 0 fully saturated rings. The number of aliphatic carboxylic acids is 2. The summed E-state index contributed by atoms with van der Waals surface area (Å²) in [6.45, 7) is 38.1. The third kappa shape index (κ3) is 76.7. The average molecular weight is 1690 g/mol. The Hall–Kier alpha value is -3.28. The average Bonchev–Trinajstić information content (AvgIpc) is 1.62. The number of rotatable bonds is 42. The first kappa shape index (κ1) is 126. The molecule has 0 radical (unpaired) electrons. The molecular weight excluding hydrogens is 1550 g/mol. The molecule has 30 heteroatoms. The van der Waals surface area contributed by atoms with E-state index in [4.69, 9.17) is 26.4 Å². The molecule has 0 aliphatic heterocycles. The van der Waals surface area contributed by atoms with Gasteiger partial charge in [-0.3, -0.25) is 47.9 Å². The zero-order valence-electron chi connectivity index (χ0n) is 69.8. The lowest BCUT2D eigenvalue weighted by Crippen LogP contribution is -2.35. The molecule has 0 spiro atoms. The van der Waals surface area contributed by atoms with Crippen LogP contribution in [0.2, 0.25) is 0 Å². The van der Waals surface area contributed by atoms with Crippen molar-refractivity contribution in [1.29, 1.82) is 0 Å². The van der Waals surface area contributed by atoms with Crippen molar-refractivity contribution in [2.24, 2.45) is 40.9 Å². The van der Waals surface area contributed by atoms with Crippen LogP contribution >= 0.6 is 72.9 Å². The molecule has 1 aliphatic carbocycles. The van der Waals surface area contributed by atoms with Crippen molar-refractivity contribution in [3.05, 3.63) is 59.7 Å². The molecule has 108 heavy (non-hydrogen) atoms. The van der Waals surface area contributed by atoms with E-state index in [1.54, 1.807) is 117 Å². The molecule has 1 aliphatic rings. The molecule has 0 aromatic heterocycles. The number of likely N-dealkylation sites (N-methyl/N-ethyl adjacent to an activating group) is 4. The molecule has 0 bridgehead atoms. The van der Waals surface area contributed by atoms with E-state index in [-0.39, 0.29) is 114 Å². The van der Waals surface area contributed by atoms with Crippen LogP contribution in [0.5, 0.6) is 0 Å². The SMILES string of the molecule is C.CC.CC.CC.CC(=O)OCC1c2ccccc2-c2ccccc21.CC(C)=O.CC(C)CCSC[C@H](C)C(=O)O.CC[C@@H](CCSC[C@H](NC)C(C)=O)C(C)=O.CN.CN[C@@H](CSCC[C@H](C)C(C)=O)C(C)=O.CN[C@@H](CSCC[C@H](N)C(=O)O)C(C)=O.CN[C@@H](CSCC[C@H](N)C(C)=O)C(C)=O.S=PP=S. The highest BCUT2D eigenvalue weighted by Gasteiger charge is 2.29. The zero-order valence-corrected chi connectivity index (χ0v) is 77.3. The molecule has 630 valence electrons. The van der Waals surface area contributed by atoms with Crippen LogP contribution in [0.3, 0.4) is 0 Å². The second-order valence-corrected chi connectivity index (χ2v) is 33.7. The first-order valence-electron chi connectivity index (χ1n) is 36.5. The van der Waals surface area contributed by atoms with E-state index in [2.05, 4.69) is 88.7 Å². The minimum Gasteiger partial charge on any atom is -0.481 e. The van der Waals surface area contributed by atoms with E-state index < -0.39 is 18.0 Å². The first-order valence-corrected chi connectivity index (χ1v) is 46.8. The summed E-state index contributed by atoms with van der Waals surface area (Å²) >= 11 is 17.2. The van der Waals surface area contributed by atoms with E-state index >= 15 is 0 Å². The number of carboxylic acid groups (broad SMARTS) is 2. The fraction of sp³-hybridized carbons (Fsp3) is 0.705. The monoisotopic (exact) mass is 1690 g/mol. The van der Waals surface area contributed by atoms with Crippen molar-refractivity contribution >= 4 is 161 Å². The molecule has 0 amide bonds. The minimum atomic E-state index is -0.979. The summed E-state index contributed by atoms with van der Waals surface area (Å²) in [7, 11) is 10.3. The van der Waals surface area contributed by atoms with Gasteiger partial charge in [-0.1, -0.05) is 132 Å². The van der Waals surface area contributed by atoms with Gasteiger partial charge in [-0.05, 0) is 217 Å². The highest BCUT2D eigenvalue weighted by Crippen LogP contribution is 2.44. The smallest absolute Gasteiger partial charge is 0.320 e. The Morgan fingerprint density at radius 3 is 1.02 bits per heavy atom. The predicted octanol–water partition coefficient (Wildman–Crippen LogP) is 14.8. The summed E-state index contributed by atoms with van der Waals surface area (Å²) in [4.78, 5) is 119. The van der Waals surface area contributed by atoms with Crippen LogP contribution in [0.4, 0.5) is 0 Å². The van der Waals surface area contributed by atoms with Gasteiger partial charge in [-0.25, -0.2) is 0 Å². The van der Waals surface area contributed by atoms with Crippen LogP contribution in [0.1, 0.15) is 208 Å². The number of ketones is 8. The van der Waals surface area contributed by atoms with Crippen molar-refractivity contribution in [1.82, 2.24) is 21.3 Å². The number of thioether (sulfide) groups is 5. The number of esters is 1. The third-order valence-corrected chi connectivity index (χ3v) is 22.9. The quantitative estimate of drug-likeness (QED) is 0.0169. The maximum Gasteiger partial charge on any atom is 0.320 e. The van der Waals surface area contributed by atoms with Crippen molar-refractivity contribution in [2.45, 2.75) is 234 Å². The van der Waals surface area contributed by atoms with Gasteiger partial charge < -0.3 is 58.2 Å². The number of hydrogen-bond acceptors (Lipinski definition) is 26. The number of ether oxygens (including phenoxy) is 1. The molecular formula is C78H147N7O14P2S7. The molecule has 3 rings (SSSR count). The van der Waals surface area contributed by atoms with Crippen LogP contribution in [0.15, 0.2) is 48.5 Å². The number of hydrogen-bond donors (Lipinski definition) is 9.